The summed E-state index contributed by atoms with van der Waals surface area (Å²) in [6, 6.07) is 5.88. The van der Waals surface area contributed by atoms with Crippen LogP contribution in [0.1, 0.15) is 18.5 Å². The van der Waals surface area contributed by atoms with E-state index in [1.807, 2.05) is 18.2 Å². The number of nitrogens with two attached hydrogens (primary N) is 1. The van der Waals surface area contributed by atoms with E-state index in [4.69, 9.17) is 15.2 Å². The molecule has 1 aliphatic rings. The van der Waals surface area contributed by atoms with E-state index >= 15 is 0 Å². The fraction of sp³-hybridized carbons (Fsp3) is 0.600. The third kappa shape index (κ3) is 6.55. The summed E-state index contributed by atoms with van der Waals surface area (Å²) >= 11 is 0. The molecule has 0 spiro atoms. The Bertz CT molecular complexity index is 419. The molecule has 0 radical (unpaired) electrons. The fourth-order valence-corrected chi connectivity index (χ4v) is 2.14. The second kappa shape index (κ2) is 9.31. The molecule has 1 aromatic rings. The lowest BCUT2D eigenvalue weighted by Gasteiger charge is -2.09. The van der Waals surface area contributed by atoms with Crippen molar-refractivity contribution in [3.8, 4) is 0 Å². The average molecular weight is 292 g/mol. The highest BCUT2D eigenvalue weighted by Crippen LogP contribution is 2.11. The third-order valence-corrected chi connectivity index (χ3v) is 3.26. The molecule has 1 aliphatic heterocycles. The van der Waals surface area contributed by atoms with Crippen molar-refractivity contribution in [2.45, 2.75) is 25.4 Å². The molecule has 21 heavy (non-hydrogen) atoms. The van der Waals surface area contributed by atoms with Gasteiger partial charge in [-0.15, -0.1) is 0 Å². The van der Waals surface area contributed by atoms with Crippen molar-refractivity contribution >= 4 is 5.96 Å². The lowest BCUT2D eigenvalue weighted by Crippen LogP contribution is -2.33. The van der Waals surface area contributed by atoms with Crippen molar-refractivity contribution < 1.29 is 9.47 Å². The maximum atomic E-state index is 5.78. The molecule has 0 amide bonds. The molecule has 6 nitrogen and oxygen atoms in total. The minimum atomic E-state index is 0.267. The maximum Gasteiger partial charge on any atom is 0.188 e. The summed E-state index contributed by atoms with van der Waals surface area (Å²) in [5, 5.41) is 3.07. The summed E-state index contributed by atoms with van der Waals surface area (Å²) in [6.07, 6.45) is 5.12. The fourth-order valence-electron chi connectivity index (χ4n) is 2.14. The standard InChI is InChI=1S/C15H24N4O2/c16-15(18-8-6-13-4-1-2-7-17-13)19-9-11-20-12-14-5-3-10-21-14/h1-2,4,7,14H,3,5-6,8-12H2,(H3,16,18,19). The second-order valence-electron chi connectivity index (χ2n) is 4.97. The Hall–Kier alpha value is -1.66. The van der Waals surface area contributed by atoms with E-state index < -0.39 is 0 Å². The van der Waals surface area contributed by atoms with Gasteiger partial charge in [0.1, 0.15) is 0 Å². The van der Waals surface area contributed by atoms with Gasteiger partial charge in [0.15, 0.2) is 5.96 Å². The van der Waals surface area contributed by atoms with Crippen LogP contribution in [0, 0.1) is 0 Å². The zero-order valence-electron chi connectivity index (χ0n) is 12.3. The molecule has 1 unspecified atom stereocenters. The Kier molecular flexibility index (Phi) is 6.97. The van der Waals surface area contributed by atoms with Gasteiger partial charge in [0.25, 0.3) is 0 Å². The van der Waals surface area contributed by atoms with Crippen LogP contribution < -0.4 is 11.1 Å². The van der Waals surface area contributed by atoms with E-state index in [1.54, 1.807) is 6.20 Å². The molecular formula is C15H24N4O2. The Morgan fingerprint density at radius 2 is 2.48 bits per heavy atom. The van der Waals surface area contributed by atoms with Crippen LogP contribution in [0.4, 0.5) is 0 Å². The molecule has 2 rings (SSSR count). The van der Waals surface area contributed by atoms with E-state index in [0.717, 1.165) is 38.1 Å². The smallest absolute Gasteiger partial charge is 0.188 e. The van der Waals surface area contributed by atoms with E-state index in [2.05, 4.69) is 15.3 Å². The van der Waals surface area contributed by atoms with Gasteiger partial charge < -0.3 is 20.5 Å². The highest BCUT2D eigenvalue weighted by molar-refractivity contribution is 5.77. The summed E-state index contributed by atoms with van der Waals surface area (Å²) in [6.45, 7) is 3.38. The van der Waals surface area contributed by atoms with Crippen LogP contribution in [0.5, 0.6) is 0 Å². The minimum Gasteiger partial charge on any atom is -0.377 e. The normalized spacial score (nSPS) is 18.9. The number of hydrogen-bond donors (Lipinski definition) is 2. The number of nitrogens with one attached hydrogen (secondary N) is 1. The van der Waals surface area contributed by atoms with Gasteiger partial charge in [-0.1, -0.05) is 6.07 Å². The van der Waals surface area contributed by atoms with Crippen molar-refractivity contribution in [1.82, 2.24) is 10.3 Å². The zero-order chi connectivity index (χ0) is 14.8. The van der Waals surface area contributed by atoms with Crippen molar-refractivity contribution in [1.29, 1.82) is 0 Å². The van der Waals surface area contributed by atoms with Gasteiger partial charge in [0.05, 0.1) is 25.9 Å². The largest absolute Gasteiger partial charge is 0.377 e. The number of nitrogens with zero attached hydrogens (tertiary/aromatic N) is 2. The van der Waals surface area contributed by atoms with Crippen molar-refractivity contribution in [3.63, 3.8) is 0 Å². The molecular weight excluding hydrogens is 268 g/mol. The predicted molar refractivity (Wildman–Crippen MR) is 82.2 cm³/mol. The molecule has 6 heteroatoms. The first kappa shape index (κ1) is 15.7. The Morgan fingerprint density at radius 1 is 1.52 bits per heavy atom. The van der Waals surface area contributed by atoms with Gasteiger partial charge in [-0.25, -0.2) is 0 Å². The average Bonchev–Trinajstić information content (AvgIpc) is 3.01. The molecule has 1 saturated heterocycles. The molecule has 3 N–H and O–H groups in total. The molecule has 0 aliphatic carbocycles. The van der Waals surface area contributed by atoms with Crippen molar-refractivity contribution in [2.24, 2.45) is 10.7 Å². The summed E-state index contributed by atoms with van der Waals surface area (Å²) in [4.78, 5) is 8.46. The Morgan fingerprint density at radius 3 is 3.24 bits per heavy atom. The lowest BCUT2D eigenvalue weighted by atomic mass is 10.2. The molecule has 1 atom stereocenters. The predicted octanol–water partition coefficient (Wildman–Crippen LogP) is 0.724. The van der Waals surface area contributed by atoms with Crippen molar-refractivity contribution in [2.75, 3.05) is 32.9 Å². The molecule has 0 saturated carbocycles. The number of hydrogen-bond acceptors (Lipinski definition) is 4. The van der Waals surface area contributed by atoms with E-state index in [-0.39, 0.29) is 6.10 Å². The van der Waals surface area contributed by atoms with Gasteiger partial charge >= 0.3 is 0 Å². The van der Waals surface area contributed by atoms with Crippen molar-refractivity contribution in [3.05, 3.63) is 30.1 Å². The number of aromatic nitrogens is 1. The monoisotopic (exact) mass is 292 g/mol. The Labute approximate surface area is 125 Å². The molecule has 1 fully saturated rings. The van der Waals surface area contributed by atoms with Crippen LogP contribution in [0.2, 0.25) is 0 Å². The van der Waals surface area contributed by atoms with E-state index in [1.165, 1.54) is 0 Å². The molecule has 116 valence electrons. The first-order chi connectivity index (χ1) is 10.3. The van der Waals surface area contributed by atoms with Gasteiger partial charge in [0, 0.05) is 31.5 Å². The number of aliphatic imine (C=N–C) groups is 1. The highest BCUT2D eigenvalue weighted by Gasteiger charge is 2.14. The van der Waals surface area contributed by atoms with Crippen LogP contribution in [0.3, 0.4) is 0 Å². The topological polar surface area (TPSA) is 81.8 Å². The van der Waals surface area contributed by atoms with Crippen LogP contribution >= 0.6 is 0 Å². The first-order valence-electron chi connectivity index (χ1n) is 7.47. The van der Waals surface area contributed by atoms with E-state index in [9.17, 15) is 0 Å². The molecule has 0 aromatic carbocycles. The number of rotatable bonds is 8. The number of guanidine groups is 1. The molecule has 0 bridgehead atoms. The van der Waals surface area contributed by atoms with Gasteiger partial charge in [0.2, 0.25) is 0 Å². The zero-order valence-corrected chi connectivity index (χ0v) is 12.3. The van der Waals surface area contributed by atoms with E-state index in [0.29, 0.717) is 25.7 Å². The second-order valence-corrected chi connectivity index (χ2v) is 4.97. The number of ether oxygens (including phenoxy) is 2. The third-order valence-electron chi connectivity index (χ3n) is 3.26. The van der Waals surface area contributed by atoms with Crippen LogP contribution in [0.25, 0.3) is 0 Å². The van der Waals surface area contributed by atoms with Gasteiger partial charge in [-0.3, -0.25) is 9.98 Å². The summed E-state index contributed by atoms with van der Waals surface area (Å²) in [5.41, 5.74) is 6.82. The SMILES string of the molecule is NC(=NCCOCC1CCCO1)NCCc1ccccn1. The first-order valence-corrected chi connectivity index (χ1v) is 7.47. The molecule has 1 aromatic heterocycles. The summed E-state index contributed by atoms with van der Waals surface area (Å²) in [5.74, 6) is 0.451. The number of pyridine rings is 1. The lowest BCUT2D eigenvalue weighted by molar-refractivity contribution is 0.0200. The molecule has 2 heterocycles. The quantitative estimate of drug-likeness (QED) is 0.419. The van der Waals surface area contributed by atoms with Gasteiger partial charge in [-0.05, 0) is 25.0 Å². The van der Waals surface area contributed by atoms with Crippen LogP contribution in [0.15, 0.2) is 29.4 Å². The summed E-state index contributed by atoms with van der Waals surface area (Å²) < 4.78 is 11.0. The highest BCUT2D eigenvalue weighted by atomic mass is 16.5. The van der Waals surface area contributed by atoms with Crippen LogP contribution in [-0.2, 0) is 15.9 Å². The Balaban J connectivity index is 1.50. The van der Waals surface area contributed by atoms with Gasteiger partial charge in [-0.2, -0.15) is 0 Å². The minimum absolute atomic E-state index is 0.267. The van der Waals surface area contributed by atoms with Crippen LogP contribution in [-0.4, -0.2) is 50.0 Å². The summed E-state index contributed by atoms with van der Waals surface area (Å²) in [7, 11) is 0. The maximum absolute atomic E-state index is 5.78.